The van der Waals surface area contributed by atoms with Gasteiger partial charge in [0, 0.05) is 29.7 Å². The van der Waals surface area contributed by atoms with Crippen molar-refractivity contribution in [2.75, 3.05) is 13.7 Å². The monoisotopic (exact) mass is 276 g/mol. The van der Waals surface area contributed by atoms with Crippen molar-refractivity contribution in [3.63, 3.8) is 0 Å². The maximum atomic E-state index is 11.5. The molecule has 0 amide bonds. The van der Waals surface area contributed by atoms with E-state index in [9.17, 15) is 9.90 Å². The Balaban J connectivity index is 2.53. The molecule has 5 heteroatoms. The number of aliphatic carboxylic acids is 1. The van der Waals surface area contributed by atoms with E-state index in [2.05, 4.69) is 5.32 Å². The molecule has 0 saturated carbocycles. The van der Waals surface area contributed by atoms with E-state index < -0.39 is 12.0 Å². The van der Waals surface area contributed by atoms with E-state index in [1.54, 1.807) is 7.11 Å². The van der Waals surface area contributed by atoms with Crippen LogP contribution in [0.3, 0.4) is 0 Å². The molecule has 2 rings (SSSR count). The number of ether oxygens (including phenoxy) is 1. The minimum absolute atomic E-state index is 0.664. The summed E-state index contributed by atoms with van der Waals surface area (Å²) in [7, 11) is 3.52. The van der Waals surface area contributed by atoms with Gasteiger partial charge in [-0.25, -0.2) is 0 Å². The summed E-state index contributed by atoms with van der Waals surface area (Å²) >= 11 is 0. The number of hydrogen-bond acceptors (Lipinski definition) is 3. The number of carbonyl (C=O) groups is 1. The van der Waals surface area contributed by atoms with Crippen molar-refractivity contribution >= 4 is 16.9 Å². The van der Waals surface area contributed by atoms with E-state index in [4.69, 9.17) is 4.74 Å². The van der Waals surface area contributed by atoms with Crippen molar-refractivity contribution in [3.05, 3.63) is 30.0 Å². The van der Waals surface area contributed by atoms with Gasteiger partial charge in [-0.3, -0.25) is 4.79 Å². The number of nitrogens with zero attached hydrogens (tertiary/aromatic N) is 1. The highest BCUT2D eigenvalue weighted by molar-refractivity contribution is 5.90. The zero-order valence-corrected chi connectivity index (χ0v) is 12.0. The van der Waals surface area contributed by atoms with E-state index in [0.29, 0.717) is 6.54 Å². The Hall–Kier alpha value is -2.01. The van der Waals surface area contributed by atoms with Crippen LogP contribution in [0.25, 0.3) is 10.9 Å². The van der Waals surface area contributed by atoms with Crippen molar-refractivity contribution < 1.29 is 14.6 Å². The quantitative estimate of drug-likeness (QED) is 0.850. The number of carboxylic acids is 1. The van der Waals surface area contributed by atoms with Gasteiger partial charge in [0.1, 0.15) is 11.8 Å². The minimum atomic E-state index is -0.867. The fraction of sp³-hybridized carbons (Fsp3) is 0.400. The Morgan fingerprint density at radius 2 is 2.25 bits per heavy atom. The van der Waals surface area contributed by atoms with E-state index >= 15 is 0 Å². The Kier molecular flexibility index (Phi) is 4.29. The van der Waals surface area contributed by atoms with Crippen LogP contribution in [0.1, 0.15) is 24.9 Å². The van der Waals surface area contributed by atoms with Crippen LogP contribution in [0.4, 0.5) is 0 Å². The first-order chi connectivity index (χ1) is 9.58. The average molecular weight is 276 g/mol. The molecule has 108 valence electrons. The predicted molar refractivity (Wildman–Crippen MR) is 78.1 cm³/mol. The first-order valence-electron chi connectivity index (χ1n) is 6.67. The lowest BCUT2D eigenvalue weighted by molar-refractivity contribution is -0.139. The summed E-state index contributed by atoms with van der Waals surface area (Å²) in [5.74, 6) is -0.140. The summed E-state index contributed by atoms with van der Waals surface area (Å²) in [6.45, 7) is 2.68. The minimum Gasteiger partial charge on any atom is -0.497 e. The third kappa shape index (κ3) is 2.63. The van der Waals surface area contributed by atoms with Gasteiger partial charge < -0.3 is 19.7 Å². The maximum Gasteiger partial charge on any atom is 0.325 e. The lowest BCUT2D eigenvalue weighted by Crippen LogP contribution is -2.28. The SMILES string of the molecule is CCCNC(C(=O)O)c1cn(C)c2ccc(OC)cc12. The molecule has 20 heavy (non-hydrogen) atoms. The van der Waals surface area contributed by atoms with E-state index in [1.165, 1.54) is 0 Å². The van der Waals surface area contributed by atoms with Crippen molar-refractivity contribution in [1.29, 1.82) is 0 Å². The summed E-state index contributed by atoms with van der Waals surface area (Å²) in [6.07, 6.45) is 2.75. The standard InChI is InChI=1S/C15H20N2O3/c1-4-7-16-14(15(18)19)12-9-17(2)13-6-5-10(20-3)8-11(12)13/h5-6,8-9,14,16H,4,7H2,1-3H3,(H,18,19). The molecule has 0 aliphatic heterocycles. The van der Waals surface area contributed by atoms with Gasteiger partial charge in [0.2, 0.25) is 0 Å². The molecular weight excluding hydrogens is 256 g/mol. The van der Waals surface area contributed by atoms with Gasteiger partial charge in [0.15, 0.2) is 0 Å². The second kappa shape index (κ2) is 5.96. The molecule has 0 radical (unpaired) electrons. The van der Waals surface area contributed by atoms with Gasteiger partial charge >= 0.3 is 5.97 Å². The molecule has 0 aliphatic carbocycles. The Morgan fingerprint density at radius 1 is 1.50 bits per heavy atom. The zero-order valence-electron chi connectivity index (χ0n) is 12.0. The molecule has 0 fully saturated rings. The third-order valence-electron chi connectivity index (χ3n) is 3.38. The number of rotatable bonds is 6. The summed E-state index contributed by atoms with van der Waals surface area (Å²) in [5, 5.41) is 13.4. The molecule has 1 heterocycles. The Morgan fingerprint density at radius 3 is 2.85 bits per heavy atom. The molecule has 0 saturated heterocycles. The Labute approximate surface area is 118 Å². The number of aromatic nitrogens is 1. The van der Waals surface area contributed by atoms with Crippen molar-refractivity contribution in [3.8, 4) is 5.75 Å². The second-order valence-corrected chi connectivity index (χ2v) is 4.80. The van der Waals surface area contributed by atoms with Gasteiger partial charge in [0.05, 0.1) is 7.11 Å². The molecule has 2 N–H and O–H groups in total. The molecule has 1 atom stereocenters. The van der Waals surface area contributed by atoms with Crippen LogP contribution in [0.2, 0.25) is 0 Å². The van der Waals surface area contributed by atoms with Gasteiger partial charge in [-0.15, -0.1) is 0 Å². The normalized spacial score (nSPS) is 12.6. The number of benzene rings is 1. The van der Waals surface area contributed by atoms with Gasteiger partial charge in [0.25, 0.3) is 0 Å². The number of methoxy groups -OCH3 is 1. The van der Waals surface area contributed by atoms with E-state index in [1.807, 2.05) is 42.9 Å². The first-order valence-corrected chi connectivity index (χ1v) is 6.67. The molecule has 0 spiro atoms. The van der Waals surface area contributed by atoms with E-state index in [-0.39, 0.29) is 0 Å². The predicted octanol–water partition coefficient (Wildman–Crippen LogP) is 2.31. The number of hydrogen-bond donors (Lipinski definition) is 2. The maximum absolute atomic E-state index is 11.5. The summed E-state index contributed by atoms with van der Waals surface area (Å²) in [6, 6.07) is 5.00. The molecule has 0 aliphatic rings. The van der Waals surface area contributed by atoms with Crippen LogP contribution in [0.5, 0.6) is 5.75 Å². The zero-order chi connectivity index (χ0) is 14.7. The van der Waals surface area contributed by atoms with Crippen molar-refractivity contribution in [2.45, 2.75) is 19.4 Å². The number of carboxylic acid groups (broad SMARTS) is 1. The van der Waals surface area contributed by atoms with Gasteiger partial charge in [-0.2, -0.15) is 0 Å². The molecule has 1 unspecified atom stereocenters. The highest BCUT2D eigenvalue weighted by atomic mass is 16.5. The Bertz CT molecular complexity index is 619. The molecule has 0 bridgehead atoms. The summed E-state index contributed by atoms with van der Waals surface area (Å²) in [4.78, 5) is 11.5. The smallest absolute Gasteiger partial charge is 0.325 e. The number of aryl methyl sites for hydroxylation is 1. The number of nitrogens with one attached hydrogen (secondary N) is 1. The lowest BCUT2D eigenvalue weighted by Gasteiger charge is -2.13. The van der Waals surface area contributed by atoms with Crippen LogP contribution >= 0.6 is 0 Å². The highest BCUT2D eigenvalue weighted by Gasteiger charge is 2.23. The second-order valence-electron chi connectivity index (χ2n) is 4.80. The van der Waals surface area contributed by atoms with Crippen LogP contribution in [-0.4, -0.2) is 29.3 Å². The summed E-state index contributed by atoms with van der Waals surface area (Å²) in [5.41, 5.74) is 1.76. The third-order valence-corrected chi connectivity index (χ3v) is 3.38. The van der Waals surface area contributed by atoms with Gasteiger partial charge in [-0.05, 0) is 31.2 Å². The highest BCUT2D eigenvalue weighted by Crippen LogP contribution is 2.29. The first kappa shape index (κ1) is 14.4. The van der Waals surface area contributed by atoms with Crippen LogP contribution in [-0.2, 0) is 11.8 Å². The number of fused-ring (bicyclic) bond motifs is 1. The van der Waals surface area contributed by atoms with Crippen LogP contribution in [0, 0.1) is 0 Å². The molecule has 1 aromatic carbocycles. The van der Waals surface area contributed by atoms with Crippen LogP contribution < -0.4 is 10.1 Å². The molecule has 1 aromatic heterocycles. The largest absolute Gasteiger partial charge is 0.497 e. The topological polar surface area (TPSA) is 63.5 Å². The van der Waals surface area contributed by atoms with E-state index in [0.717, 1.165) is 28.6 Å². The lowest BCUT2D eigenvalue weighted by atomic mass is 10.1. The molecule has 2 aromatic rings. The summed E-state index contributed by atoms with van der Waals surface area (Å²) < 4.78 is 7.17. The van der Waals surface area contributed by atoms with Crippen LogP contribution in [0.15, 0.2) is 24.4 Å². The fourth-order valence-corrected chi connectivity index (χ4v) is 2.38. The van der Waals surface area contributed by atoms with Crippen molar-refractivity contribution in [2.24, 2.45) is 7.05 Å². The van der Waals surface area contributed by atoms with Gasteiger partial charge in [-0.1, -0.05) is 6.92 Å². The average Bonchev–Trinajstić information content (AvgIpc) is 2.76. The van der Waals surface area contributed by atoms with Crippen molar-refractivity contribution in [1.82, 2.24) is 9.88 Å². The fourth-order valence-electron chi connectivity index (χ4n) is 2.38. The molecular formula is C15H20N2O3. The molecule has 5 nitrogen and oxygen atoms in total.